The minimum Gasteiger partial charge on any atom is -0.346 e. The van der Waals surface area contributed by atoms with E-state index in [1.807, 2.05) is 39.0 Å². The lowest BCUT2D eigenvalue weighted by molar-refractivity contribution is 0.0940. The number of hydrogen-bond acceptors (Lipinski definition) is 5. The van der Waals surface area contributed by atoms with Gasteiger partial charge in [-0.3, -0.25) is 9.10 Å². The zero-order valence-corrected chi connectivity index (χ0v) is 22.1. The fourth-order valence-electron chi connectivity index (χ4n) is 3.66. The van der Waals surface area contributed by atoms with Crippen LogP contribution in [0.15, 0.2) is 71.6 Å². The van der Waals surface area contributed by atoms with E-state index in [0.717, 1.165) is 28.5 Å². The third-order valence-corrected chi connectivity index (χ3v) is 7.99. The van der Waals surface area contributed by atoms with Gasteiger partial charge in [-0.1, -0.05) is 36.4 Å². The molecule has 3 aromatic carbocycles. The Morgan fingerprint density at radius 3 is 2.03 bits per heavy atom. The summed E-state index contributed by atoms with van der Waals surface area (Å²) in [6.45, 7) is 5.75. The first-order valence-corrected chi connectivity index (χ1v) is 14.7. The summed E-state index contributed by atoms with van der Waals surface area (Å²) in [5.74, 6) is -0.286. The molecular formula is C26H30N2O5S2. The van der Waals surface area contributed by atoms with Gasteiger partial charge in [-0.25, -0.2) is 16.8 Å². The highest BCUT2D eigenvalue weighted by Gasteiger charge is 2.20. The number of benzene rings is 3. The highest BCUT2D eigenvalue weighted by molar-refractivity contribution is 7.92. The number of sulfonamides is 1. The number of carbonyl (C=O) groups excluding carboxylic acids is 1. The van der Waals surface area contributed by atoms with E-state index < -0.39 is 19.9 Å². The first kappa shape index (κ1) is 26.4. The summed E-state index contributed by atoms with van der Waals surface area (Å²) < 4.78 is 49.7. The Morgan fingerprint density at radius 1 is 0.886 bits per heavy atom. The molecular weight excluding hydrogens is 484 g/mol. The second kappa shape index (κ2) is 10.2. The van der Waals surface area contributed by atoms with Crippen molar-refractivity contribution in [2.24, 2.45) is 0 Å². The van der Waals surface area contributed by atoms with Crippen molar-refractivity contribution in [2.45, 2.75) is 38.3 Å². The van der Waals surface area contributed by atoms with Gasteiger partial charge in [-0.2, -0.15) is 0 Å². The van der Waals surface area contributed by atoms with E-state index in [-0.39, 0.29) is 23.4 Å². The van der Waals surface area contributed by atoms with Gasteiger partial charge in [0.15, 0.2) is 9.84 Å². The number of nitrogens with zero attached hydrogens (tertiary/aromatic N) is 1. The van der Waals surface area contributed by atoms with E-state index in [1.54, 1.807) is 36.4 Å². The summed E-state index contributed by atoms with van der Waals surface area (Å²) in [6.07, 6.45) is 2.33. The van der Waals surface area contributed by atoms with Crippen LogP contribution in [0.3, 0.4) is 0 Å². The number of rotatable bonds is 8. The molecule has 3 aromatic rings. The Labute approximate surface area is 207 Å². The van der Waals surface area contributed by atoms with E-state index in [2.05, 4.69) is 5.32 Å². The van der Waals surface area contributed by atoms with E-state index in [4.69, 9.17) is 0 Å². The molecule has 7 nitrogen and oxygen atoms in total. The Bertz CT molecular complexity index is 1430. The number of sulfone groups is 1. The zero-order valence-electron chi connectivity index (χ0n) is 20.4. The Hall–Kier alpha value is -3.17. The molecule has 0 heterocycles. The van der Waals surface area contributed by atoms with Crippen molar-refractivity contribution in [3.05, 3.63) is 94.5 Å². The van der Waals surface area contributed by atoms with Crippen LogP contribution in [0.5, 0.6) is 0 Å². The van der Waals surface area contributed by atoms with Crippen LogP contribution in [0.4, 0.5) is 5.69 Å². The molecule has 0 saturated carbocycles. The fourth-order valence-corrected chi connectivity index (χ4v) is 5.23. The number of anilines is 1. The predicted octanol–water partition coefficient (Wildman–Crippen LogP) is 4.16. The van der Waals surface area contributed by atoms with E-state index in [1.165, 1.54) is 22.7 Å². The predicted molar refractivity (Wildman–Crippen MR) is 139 cm³/mol. The third-order valence-electron chi connectivity index (χ3n) is 5.73. The first-order valence-electron chi connectivity index (χ1n) is 11.0. The van der Waals surface area contributed by atoms with Crippen molar-refractivity contribution in [3.8, 4) is 0 Å². The number of aryl methyl sites for hydroxylation is 2. The van der Waals surface area contributed by atoms with Gasteiger partial charge >= 0.3 is 0 Å². The summed E-state index contributed by atoms with van der Waals surface area (Å²) in [5, 5.41) is 2.90. The normalized spacial score (nSPS) is 12.7. The molecule has 0 aromatic heterocycles. The zero-order chi connectivity index (χ0) is 26.0. The summed E-state index contributed by atoms with van der Waals surface area (Å²) in [5.41, 5.74) is 4.41. The monoisotopic (exact) mass is 514 g/mol. The molecule has 1 N–H and O–H groups in total. The van der Waals surface area contributed by atoms with Gasteiger partial charge in [-0.05, 0) is 73.4 Å². The summed E-state index contributed by atoms with van der Waals surface area (Å²) in [6, 6.07) is 18.5. The van der Waals surface area contributed by atoms with E-state index >= 15 is 0 Å². The minimum absolute atomic E-state index is 0.147. The molecule has 35 heavy (non-hydrogen) atoms. The van der Waals surface area contributed by atoms with Gasteiger partial charge < -0.3 is 5.32 Å². The maximum Gasteiger partial charge on any atom is 0.251 e. The molecule has 0 spiro atoms. The van der Waals surface area contributed by atoms with Gasteiger partial charge in [0, 0.05) is 11.8 Å². The molecule has 9 heteroatoms. The number of hydrogen-bond donors (Lipinski definition) is 1. The van der Waals surface area contributed by atoms with Gasteiger partial charge in [0.05, 0.1) is 29.4 Å². The Morgan fingerprint density at radius 2 is 1.49 bits per heavy atom. The van der Waals surface area contributed by atoms with Gasteiger partial charge in [-0.15, -0.1) is 0 Å². The second-order valence-electron chi connectivity index (χ2n) is 8.79. The SMILES string of the molecule is Cc1ccc(C)c(N(Cc2ccc(C(=O)N[C@@H](C)c3ccc(S(C)(=O)=O)cc3)cc2)S(C)(=O)=O)c1. The lowest BCUT2D eigenvalue weighted by Crippen LogP contribution is -2.30. The van der Waals surface area contributed by atoms with Crippen LogP contribution in [0.2, 0.25) is 0 Å². The molecule has 1 amide bonds. The average molecular weight is 515 g/mol. The van der Waals surface area contributed by atoms with Crippen molar-refractivity contribution < 1.29 is 21.6 Å². The van der Waals surface area contributed by atoms with Crippen LogP contribution < -0.4 is 9.62 Å². The lowest BCUT2D eigenvalue weighted by atomic mass is 10.1. The van der Waals surface area contributed by atoms with Crippen LogP contribution >= 0.6 is 0 Å². The van der Waals surface area contributed by atoms with Crippen molar-refractivity contribution in [1.29, 1.82) is 0 Å². The van der Waals surface area contributed by atoms with Crippen molar-refractivity contribution in [3.63, 3.8) is 0 Å². The van der Waals surface area contributed by atoms with E-state index in [0.29, 0.717) is 11.3 Å². The van der Waals surface area contributed by atoms with Crippen LogP contribution in [-0.4, -0.2) is 35.3 Å². The van der Waals surface area contributed by atoms with Crippen LogP contribution in [0.25, 0.3) is 0 Å². The second-order valence-corrected chi connectivity index (χ2v) is 12.7. The standard InChI is InChI=1S/C26H30N2O5S2/c1-18-6-7-19(2)25(16-18)28(35(5,32)33)17-21-8-10-23(11-9-21)26(29)27-20(3)22-12-14-24(15-13-22)34(4,30)31/h6-16,20H,17H2,1-5H3,(H,27,29)/t20-/m0/s1. The van der Waals surface area contributed by atoms with Gasteiger partial charge in [0.2, 0.25) is 10.0 Å². The molecule has 0 bridgehead atoms. The molecule has 0 fully saturated rings. The smallest absolute Gasteiger partial charge is 0.251 e. The van der Waals surface area contributed by atoms with Crippen LogP contribution in [-0.2, 0) is 26.4 Å². The topological polar surface area (TPSA) is 101 Å². The quantitative estimate of drug-likeness (QED) is 0.486. The average Bonchev–Trinajstić information content (AvgIpc) is 2.78. The molecule has 186 valence electrons. The van der Waals surface area contributed by atoms with Crippen molar-refractivity contribution in [1.82, 2.24) is 5.32 Å². The molecule has 3 rings (SSSR count). The number of nitrogens with one attached hydrogen (secondary N) is 1. The first-order chi connectivity index (χ1) is 16.3. The fraction of sp³-hybridized carbons (Fsp3) is 0.269. The Kier molecular flexibility index (Phi) is 7.71. The maximum absolute atomic E-state index is 12.7. The molecule has 0 unspecified atom stereocenters. The highest BCUT2D eigenvalue weighted by atomic mass is 32.2. The molecule has 0 radical (unpaired) electrons. The molecule has 0 aliphatic heterocycles. The summed E-state index contributed by atoms with van der Waals surface area (Å²) in [4.78, 5) is 13.0. The lowest BCUT2D eigenvalue weighted by Gasteiger charge is -2.25. The van der Waals surface area contributed by atoms with Gasteiger partial charge in [0.25, 0.3) is 5.91 Å². The summed E-state index contributed by atoms with van der Waals surface area (Å²) >= 11 is 0. The van der Waals surface area contributed by atoms with Gasteiger partial charge in [0.1, 0.15) is 0 Å². The van der Waals surface area contributed by atoms with Crippen molar-refractivity contribution in [2.75, 3.05) is 16.8 Å². The minimum atomic E-state index is -3.52. The largest absolute Gasteiger partial charge is 0.346 e. The number of amides is 1. The van der Waals surface area contributed by atoms with E-state index in [9.17, 15) is 21.6 Å². The maximum atomic E-state index is 12.7. The number of carbonyl (C=O) groups is 1. The molecule has 0 aliphatic carbocycles. The van der Waals surface area contributed by atoms with Crippen LogP contribution in [0.1, 0.15) is 45.6 Å². The molecule has 0 aliphatic rings. The van der Waals surface area contributed by atoms with Crippen LogP contribution in [0, 0.1) is 13.8 Å². The summed E-state index contributed by atoms with van der Waals surface area (Å²) in [7, 11) is -6.81. The van der Waals surface area contributed by atoms with Crippen molar-refractivity contribution >= 4 is 31.5 Å². The Balaban J connectivity index is 1.74. The highest BCUT2D eigenvalue weighted by Crippen LogP contribution is 2.26. The third kappa shape index (κ3) is 6.70. The molecule has 0 saturated heterocycles. The molecule has 1 atom stereocenters.